The topological polar surface area (TPSA) is 69.2 Å². The molecular formula is C61H47B3N4O4. The van der Waals surface area contributed by atoms with Crippen molar-refractivity contribution in [1.29, 1.82) is 0 Å². The van der Waals surface area contributed by atoms with Gasteiger partial charge in [-0.2, -0.15) is 0 Å². The van der Waals surface area contributed by atoms with Crippen molar-refractivity contribution in [2.45, 2.75) is 62.3 Å². The van der Waals surface area contributed by atoms with Gasteiger partial charge in [-0.05, 0) is 188 Å². The van der Waals surface area contributed by atoms with Crippen molar-refractivity contribution in [2.75, 3.05) is 9.80 Å². The zero-order valence-electron chi connectivity index (χ0n) is 41.7. The molecule has 15 rings (SSSR count). The largest absolute Gasteiger partial charge is 0.458 e. The Balaban J connectivity index is 1.08. The Kier molecular flexibility index (Phi) is 8.36. The number of benzene rings is 7. The molecule has 0 N–H and O–H groups in total. The minimum absolute atomic E-state index is 0.147. The number of hydrogen-bond donors (Lipinski definition) is 0. The van der Waals surface area contributed by atoms with Crippen LogP contribution in [0.15, 0.2) is 122 Å². The van der Waals surface area contributed by atoms with Gasteiger partial charge in [-0.3, -0.25) is 9.97 Å². The van der Waals surface area contributed by atoms with Crippen LogP contribution in [0.2, 0.25) is 0 Å². The molecule has 0 saturated carbocycles. The van der Waals surface area contributed by atoms with Crippen LogP contribution in [0.5, 0.6) is 46.0 Å². The molecule has 11 heteroatoms. The van der Waals surface area contributed by atoms with E-state index in [9.17, 15) is 0 Å². The summed E-state index contributed by atoms with van der Waals surface area (Å²) in [4.78, 5) is 14.2. The molecule has 0 amide bonds. The predicted molar refractivity (Wildman–Crippen MR) is 294 cm³/mol. The molecule has 6 aliphatic rings. The lowest BCUT2D eigenvalue weighted by atomic mass is 9.29. The lowest BCUT2D eigenvalue weighted by Crippen LogP contribution is -2.65. The fourth-order valence-electron chi connectivity index (χ4n) is 13.6. The van der Waals surface area contributed by atoms with Crippen LogP contribution < -0.4 is 77.9 Å². The number of fused-ring (bicyclic) bond motifs is 12. The number of hydrogen-bond acceptors (Lipinski definition) is 8. The Morgan fingerprint density at radius 1 is 0.319 bits per heavy atom. The summed E-state index contributed by atoms with van der Waals surface area (Å²) in [6.45, 7) is 19.4. The Labute approximate surface area is 420 Å². The zero-order chi connectivity index (χ0) is 48.7. The van der Waals surface area contributed by atoms with Crippen molar-refractivity contribution < 1.29 is 18.9 Å². The van der Waals surface area contributed by atoms with Gasteiger partial charge in [-0.1, -0.05) is 47.5 Å². The Morgan fingerprint density at radius 2 is 0.667 bits per heavy atom. The number of rotatable bonds is 2. The highest BCUT2D eigenvalue weighted by atomic mass is 16.5. The fraction of sp³-hybridized carbons (Fsp3) is 0.148. The van der Waals surface area contributed by atoms with Crippen molar-refractivity contribution in [3.8, 4) is 46.0 Å². The second kappa shape index (κ2) is 14.5. The van der Waals surface area contributed by atoms with Crippen LogP contribution in [0, 0.1) is 62.3 Å². The molecule has 0 aliphatic carbocycles. The molecule has 7 aromatic carbocycles. The Morgan fingerprint density at radius 3 is 1.07 bits per heavy atom. The number of ether oxygens (including phenoxy) is 4. The molecule has 0 spiro atoms. The van der Waals surface area contributed by atoms with Gasteiger partial charge < -0.3 is 28.7 Å². The predicted octanol–water partition coefficient (Wildman–Crippen LogP) is 8.79. The molecule has 0 saturated heterocycles. The molecule has 8 heterocycles. The highest BCUT2D eigenvalue weighted by Gasteiger charge is 2.50. The number of anilines is 6. The van der Waals surface area contributed by atoms with Crippen molar-refractivity contribution in [1.82, 2.24) is 9.97 Å². The highest BCUT2D eigenvalue weighted by molar-refractivity contribution is 7.03. The number of aromatic nitrogens is 2. The van der Waals surface area contributed by atoms with Gasteiger partial charge in [0.2, 0.25) is 0 Å². The van der Waals surface area contributed by atoms with Gasteiger partial charge in [0.05, 0.1) is 23.8 Å². The molecule has 344 valence electrons. The van der Waals surface area contributed by atoms with Crippen molar-refractivity contribution >= 4 is 103 Å². The third-order valence-corrected chi connectivity index (χ3v) is 16.0. The van der Waals surface area contributed by atoms with E-state index in [4.69, 9.17) is 18.9 Å². The minimum Gasteiger partial charge on any atom is -0.458 e. The van der Waals surface area contributed by atoms with E-state index >= 15 is 0 Å². The van der Waals surface area contributed by atoms with E-state index in [0.29, 0.717) is 0 Å². The molecule has 0 unspecified atom stereocenters. The van der Waals surface area contributed by atoms with Crippen LogP contribution in [-0.4, -0.2) is 30.1 Å². The first-order valence-electron chi connectivity index (χ1n) is 25.0. The summed E-state index contributed by atoms with van der Waals surface area (Å²) >= 11 is 0. The van der Waals surface area contributed by atoms with Crippen LogP contribution >= 0.6 is 0 Å². The standard InChI is InChI=1S/C61H47B3N4O4/c1-30-14-35(6)60(36(7)15-30)67-45-26-49-43(62-39-10-12-65-28-55(39)71-53-22-33(4)20-51(69-49)58(53)62)24-41(45)64-42-25-44-50(70-52-21-34(5)23-54-59(52)63(44)40-11-13-66-29-56(40)72-54)27-46(42)68(48-19-32(3)18-47(67)57(48)64)61-37(8)16-31(2)17-38(61)9/h10-29H,1-9H3. The van der Waals surface area contributed by atoms with E-state index in [2.05, 4.69) is 179 Å². The first-order chi connectivity index (χ1) is 34.9. The number of nitrogens with zero attached hydrogens (tertiary/aromatic N) is 4. The molecule has 0 radical (unpaired) electrons. The third kappa shape index (κ3) is 5.62. The molecule has 6 aliphatic heterocycles. The first-order valence-corrected chi connectivity index (χ1v) is 25.0. The van der Waals surface area contributed by atoms with Crippen LogP contribution in [0.4, 0.5) is 34.1 Å². The zero-order valence-corrected chi connectivity index (χ0v) is 41.7. The molecule has 8 nitrogen and oxygen atoms in total. The average Bonchev–Trinajstić information content (AvgIpc) is 3.33. The van der Waals surface area contributed by atoms with Gasteiger partial charge in [-0.25, -0.2) is 0 Å². The quantitative estimate of drug-likeness (QED) is 0.160. The van der Waals surface area contributed by atoms with E-state index in [-0.39, 0.29) is 20.1 Å². The molecular weight excluding hydrogens is 885 g/mol. The Bertz CT molecular complexity index is 3700. The van der Waals surface area contributed by atoms with E-state index in [1.807, 2.05) is 24.8 Å². The van der Waals surface area contributed by atoms with Crippen molar-refractivity contribution in [3.63, 3.8) is 0 Å². The van der Waals surface area contributed by atoms with E-state index in [1.54, 1.807) is 0 Å². The summed E-state index contributed by atoms with van der Waals surface area (Å²) in [6.07, 6.45) is 7.47. The minimum atomic E-state index is -0.202. The second-order valence-corrected chi connectivity index (χ2v) is 21.2. The van der Waals surface area contributed by atoms with Gasteiger partial charge >= 0.3 is 0 Å². The molecule has 9 aromatic rings. The maximum absolute atomic E-state index is 7.18. The molecule has 2 aromatic heterocycles. The summed E-state index contributed by atoms with van der Waals surface area (Å²) in [5, 5.41) is 0. The summed E-state index contributed by atoms with van der Waals surface area (Å²) in [5.41, 5.74) is 27.6. The first kappa shape index (κ1) is 41.6. The maximum Gasteiger partial charge on any atom is 0.260 e. The van der Waals surface area contributed by atoms with Crippen LogP contribution in [0.3, 0.4) is 0 Å². The lowest BCUT2D eigenvalue weighted by molar-refractivity contribution is 0.462. The monoisotopic (exact) mass is 932 g/mol. The Hall–Kier alpha value is -8.17. The summed E-state index contributed by atoms with van der Waals surface area (Å²) in [7, 11) is 0. The van der Waals surface area contributed by atoms with E-state index in [0.717, 1.165) is 113 Å². The van der Waals surface area contributed by atoms with Crippen molar-refractivity contribution in [2.24, 2.45) is 0 Å². The average molecular weight is 933 g/mol. The van der Waals surface area contributed by atoms with Crippen molar-refractivity contribution in [3.05, 3.63) is 172 Å². The van der Waals surface area contributed by atoms with Gasteiger partial charge in [0.15, 0.2) is 0 Å². The van der Waals surface area contributed by atoms with Gasteiger partial charge in [-0.15, -0.1) is 0 Å². The highest BCUT2D eigenvalue weighted by Crippen LogP contribution is 2.50. The lowest BCUT2D eigenvalue weighted by Gasteiger charge is -2.46. The fourth-order valence-corrected chi connectivity index (χ4v) is 13.6. The van der Waals surface area contributed by atoms with Gasteiger partial charge in [0.1, 0.15) is 46.0 Å². The molecule has 0 atom stereocenters. The smallest absolute Gasteiger partial charge is 0.260 e. The van der Waals surface area contributed by atoms with Crippen LogP contribution in [-0.2, 0) is 0 Å². The third-order valence-electron chi connectivity index (χ3n) is 16.0. The molecule has 0 bridgehead atoms. The van der Waals surface area contributed by atoms with Crippen LogP contribution in [0.25, 0.3) is 0 Å². The molecule has 0 fully saturated rings. The second-order valence-electron chi connectivity index (χ2n) is 21.2. The van der Waals surface area contributed by atoms with E-state index < -0.39 is 0 Å². The summed E-state index contributed by atoms with van der Waals surface area (Å²) in [5.74, 6) is 6.48. The van der Waals surface area contributed by atoms with Crippen LogP contribution in [0.1, 0.15) is 50.1 Å². The summed E-state index contributed by atoms with van der Waals surface area (Å²) in [6, 6.07) is 36.5. The molecule has 72 heavy (non-hydrogen) atoms. The van der Waals surface area contributed by atoms with E-state index in [1.165, 1.54) is 66.7 Å². The normalized spacial score (nSPS) is 14.2. The number of aryl methyl sites for hydroxylation is 9. The number of pyridine rings is 2. The summed E-state index contributed by atoms with van der Waals surface area (Å²) < 4.78 is 27.7. The maximum atomic E-state index is 7.18. The van der Waals surface area contributed by atoms with Gasteiger partial charge in [0, 0.05) is 58.2 Å². The SMILES string of the molecule is Cc1cc(C)c(N2c3cc4c(cc3B3c5cc6c(cc5N(c5c(C)cc(C)cc5C)c5cc(C)cc2c53)Oc2cc(C)cc3c2B6c2ccncc2O3)B2c3ccncc3Oc3cc(C)cc(c32)O4)c(C)c1. The van der Waals surface area contributed by atoms with Gasteiger partial charge in [0.25, 0.3) is 20.1 Å².